The number of aromatic nitrogens is 3. The topological polar surface area (TPSA) is 75.1 Å². The van der Waals surface area contributed by atoms with E-state index >= 15 is 0 Å². The van der Waals surface area contributed by atoms with Gasteiger partial charge >= 0.3 is 0 Å². The second kappa shape index (κ2) is 8.56. The first kappa shape index (κ1) is 18.0. The average Bonchev–Trinajstić information content (AvgIpc) is 3.46. The molecular formula is C21H24N6O. The van der Waals surface area contributed by atoms with Crippen molar-refractivity contribution < 1.29 is 4.79 Å². The van der Waals surface area contributed by atoms with Crippen LogP contribution in [0.2, 0.25) is 0 Å². The molecule has 1 saturated heterocycles. The second-order valence-corrected chi connectivity index (χ2v) is 6.78. The molecule has 2 aromatic heterocycles. The van der Waals surface area contributed by atoms with Crippen LogP contribution in [0.3, 0.4) is 0 Å². The van der Waals surface area contributed by atoms with E-state index in [0.717, 1.165) is 30.4 Å². The summed E-state index contributed by atoms with van der Waals surface area (Å²) in [5, 5.41) is 6.18. The Balaban J connectivity index is 1.25. The Morgan fingerprint density at radius 3 is 2.50 bits per heavy atom. The third-order valence-corrected chi connectivity index (χ3v) is 4.83. The van der Waals surface area contributed by atoms with Gasteiger partial charge < -0.3 is 20.1 Å². The van der Waals surface area contributed by atoms with Gasteiger partial charge in [0.2, 0.25) is 0 Å². The van der Waals surface area contributed by atoms with Crippen LogP contribution in [0, 0.1) is 0 Å². The van der Waals surface area contributed by atoms with E-state index in [9.17, 15) is 4.79 Å². The van der Waals surface area contributed by atoms with Crippen molar-refractivity contribution in [1.29, 1.82) is 0 Å². The van der Waals surface area contributed by atoms with Gasteiger partial charge in [0.25, 0.3) is 5.91 Å². The van der Waals surface area contributed by atoms with Crippen molar-refractivity contribution >= 4 is 17.5 Å². The lowest BCUT2D eigenvalue weighted by atomic mass is 10.2. The fraction of sp³-hybridized carbons (Fsp3) is 0.286. The third kappa shape index (κ3) is 4.31. The number of hydrogen-bond donors (Lipinski definition) is 2. The zero-order valence-electron chi connectivity index (χ0n) is 15.7. The van der Waals surface area contributed by atoms with Crippen LogP contribution in [0.1, 0.15) is 23.2 Å². The third-order valence-electron chi connectivity index (χ3n) is 4.83. The first-order chi connectivity index (χ1) is 13.8. The molecule has 7 nitrogen and oxygen atoms in total. The number of rotatable bonds is 7. The summed E-state index contributed by atoms with van der Waals surface area (Å²) in [6.45, 7) is 3.22. The summed E-state index contributed by atoms with van der Waals surface area (Å²) in [4.78, 5) is 23.2. The Morgan fingerprint density at radius 2 is 1.75 bits per heavy atom. The minimum absolute atomic E-state index is 0.0821. The Hall–Kier alpha value is -3.35. The van der Waals surface area contributed by atoms with Crippen molar-refractivity contribution in [1.82, 2.24) is 19.9 Å². The summed E-state index contributed by atoms with van der Waals surface area (Å²) >= 11 is 0. The van der Waals surface area contributed by atoms with E-state index in [-0.39, 0.29) is 5.91 Å². The van der Waals surface area contributed by atoms with Crippen LogP contribution in [-0.2, 0) is 0 Å². The molecule has 0 aliphatic carbocycles. The average molecular weight is 376 g/mol. The highest BCUT2D eigenvalue weighted by molar-refractivity contribution is 5.94. The smallest absolute Gasteiger partial charge is 0.251 e. The Morgan fingerprint density at radius 1 is 1.00 bits per heavy atom. The van der Waals surface area contributed by atoms with Gasteiger partial charge in [-0.3, -0.25) is 4.79 Å². The number of carbonyl (C=O) groups is 1. The molecule has 0 bridgehead atoms. The lowest BCUT2D eigenvalue weighted by Crippen LogP contribution is -2.29. The molecule has 1 aliphatic heterocycles. The summed E-state index contributed by atoms with van der Waals surface area (Å²) in [7, 11) is 0. The molecule has 1 fully saturated rings. The fourth-order valence-electron chi connectivity index (χ4n) is 3.32. The van der Waals surface area contributed by atoms with Gasteiger partial charge in [-0.05, 0) is 49.2 Å². The van der Waals surface area contributed by atoms with Crippen molar-refractivity contribution in [2.45, 2.75) is 12.8 Å². The largest absolute Gasteiger partial charge is 0.368 e. The van der Waals surface area contributed by atoms with Gasteiger partial charge in [0.05, 0.1) is 0 Å². The molecule has 2 N–H and O–H groups in total. The fourth-order valence-corrected chi connectivity index (χ4v) is 3.32. The van der Waals surface area contributed by atoms with Gasteiger partial charge in [0.15, 0.2) is 0 Å². The quantitative estimate of drug-likeness (QED) is 0.620. The molecule has 1 aromatic carbocycles. The molecule has 3 aromatic rings. The molecule has 0 unspecified atom stereocenters. The monoisotopic (exact) mass is 376 g/mol. The van der Waals surface area contributed by atoms with Crippen LogP contribution in [0.15, 0.2) is 61.2 Å². The molecule has 0 spiro atoms. The first-order valence-corrected chi connectivity index (χ1v) is 9.62. The maximum absolute atomic E-state index is 12.3. The standard InChI is InChI=1S/C21H24N6O/c28-21(17-5-7-18(8-6-17)26-11-1-2-12-26)23-10-9-22-19-15-20(25-16-24-19)27-13-3-4-14-27/h1-2,5-8,11-12,15-16H,3-4,9-10,13-14H2,(H,23,28)(H,22,24,25). The number of amides is 1. The van der Waals surface area contributed by atoms with E-state index in [0.29, 0.717) is 18.7 Å². The Bertz CT molecular complexity index is 901. The number of hydrogen-bond acceptors (Lipinski definition) is 5. The van der Waals surface area contributed by atoms with Crippen molar-refractivity contribution in [3.8, 4) is 5.69 Å². The van der Waals surface area contributed by atoms with E-state index in [1.807, 2.05) is 59.4 Å². The van der Waals surface area contributed by atoms with Crippen molar-refractivity contribution in [2.24, 2.45) is 0 Å². The number of nitrogens with one attached hydrogen (secondary N) is 2. The summed E-state index contributed by atoms with van der Waals surface area (Å²) in [6, 6.07) is 13.5. The van der Waals surface area contributed by atoms with Gasteiger partial charge in [-0.25, -0.2) is 9.97 Å². The molecule has 0 radical (unpaired) electrons. The van der Waals surface area contributed by atoms with Crippen LogP contribution >= 0.6 is 0 Å². The first-order valence-electron chi connectivity index (χ1n) is 9.62. The lowest BCUT2D eigenvalue weighted by Gasteiger charge is -2.16. The van der Waals surface area contributed by atoms with Gasteiger partial charge in [-0.15, -0.1) is 0 Å². The molecule has 0 saturated carbocycles. The minimum atomic E-state index is -0.0821. The van der Waals surface area contributed by atoms with Crippen LogP contribution in [0.5, 0.6) is 0 Å². The van der Waals surface area contributed by atoms with E-state index in [1.165, 1.54) is 12.8 Å². The van der Waals surface area contributed by atoms with Gasteiger partial charge in [0.1, 0.15) is 18.0 Å². The SMILES string of the molecule is O=C(NCCNc1cc(N2CCCC2)ncn1)c1ccc(-n2cccc2)cc1. The Kier molecular flexibility index (Phi) is 5.51. The minimum Gasteiger partial charge on any atom is -0.368 e. The molecule has 3 heterocycles. The highest BCUT2D eigenvalue weighted by Gasteiger charge is 2.14. The summed E-state index contributed by atoms with van der Waals surface area (Å²) in [5.41, 5.74) is 1.68. The van der Waals surface area contributed by atoms with Crippen LogP contribution < -0.4 is 15.5 Å². The highest BCUT2D eigenvalue weighted by atomic mass is 16.1. The number of nitrogens with zero attached hydrogens (tertiary/aromatic N) is 4. The van der Waals surface area contributed by atoms with Crippen molar-refractivity contribution in [3.63, 3.8) is 0 Å². The van der Waals surface area contributed by atoms with Crippen LogP contribution in [-0.4, -0.2) is 46.6 Å². The molecule has 144 valence electrons. The van der Waals surface area contributed by atoms with Crippen LogP contribution in [0.25, 0.3) is 5.69 Å². The summed E-state index contributed by atoms with van der Waals surface area (Å²) < 4.78 is 2.00. The molecule has 1 amide bonds. The van der Waals surface area contributed by atoms with Crippen molar-refractivity contribution in [2.75, 3.05) is 36.4 Å². The predicted octanol–water partition coefficient (Wildman–Crippen LogP) is 2.71. The van der Waals surface area contributed by atoms with E-state index < -0.39 is 0 Å². The highest BCUT2D eigenvalue weighted by Crippen LogP contribution is 2.19. The van der Waals surface area contributed by atoms with E-state index in [1.54, 1.807) is 6.33 Å². The van der Waals surface area contributed by atoms with Gasteiger partial charge in [-0.1, -0.05) is 0 Å². The van der Waals surface area contributed by atoms with Crippen molar-refractivity contribution in [3.05, 3.63) is 66.7 Å². The summed E-state index contributed by atoms with van der Waals surface area (Å²) in [5.74, 6) is 1.66. The van der Waals surface area contributed by atoms with Gasteiger partial charge in [-0.2, -0.15) is 0 Å². The zero-order chi connectivity index (χ0) is 19.2. The number of carbonyl (C=O) groups excluding carboxylic acids is 1. The maximum Gasteiger partial charge on any atom is 0.251 e. The maximum atomic E-state index is 12.3. The molecule has 1 aliphatic rings. The number of anilines is 2. The molecule has 4 rings (SSSR count). The Labute approximate surface area is 164 Å². The van der Waals surface area contributed by atoms with E-state index in [4.69, 9.17) is 0 Å². The summed E-state index contributed by atoms with van der Waals surface area (Å²) in [6.07, 6.45) is 7.96. The zero-order valence-corrected chi connectivity index (χ0v) is 15.7. The number of benzene rings is 1. The molecule has 0 atom stereocenters. The van der Waals surface area contributed by atoms with Gasteiger partial charge in [0, 0.05) is 55.9 Å². The predicted molar refractivity (Wildman–Crippen MR) is 110 cm³/mol. The van der Waals surface area contributed by atoms with E-state index in [2.05, 4.69) is 25.5 Å². The van der Waals surface area contributed by atoms with Crippen LogP contribution in [0.4, 0.5) is 11.6 Å². The molecular weight excluding hydrogens is 352 g/mol. The lowest BCUT2D eigenvalue weighted by molar-refractivity contribution is 0.0955. The molecule has 7 heteroatoms. The normalized spacial score (nSPS) is 13.5. The second-order valence-electron chi connectivity index (χ2n) is 6.78. The molecule has 28 heavy (non-hydrogen) atoms.